The van der Waals surface area contributed by atoms with Crippen LogP contribution in [0.4, 0.5) is 16.2 Å². The summed E-state index contributed by atoms with van der Waals surface area (Å²) < 4.78 is 6.52. The van der Waals surface area contributed by atoms with Gasteiger partial charge in [-0.1, -0.05) is 66.7 Å². The zero-order valence-corrected chi connectivity index (χ0v) is 17.7. The minimum atomic E-state index is -0.616. The van der Waals surface area contributed by atoms with Gasteiger partial charge in [0.15, 0.2) is 5.69 Å². The fourth-order valence-electron chi connectivity index (χ4n) is 3.36. The van der Waals surface area contributed by atoms with Crippen molar-refractivity contribution < 1.29 is 14.3 Å². The number of anilines is 2. The van der Waals surface area contributed by atoms with Crippen LogP contribution in [0.5, 0.6) is 0 Å². The van der Waals surface area contributed by atoms with Crippen LogP contribution < -0.4 is 10.6 Å². The van der Waals surface area contributed by atoms with Gasteiger partial charge in [-0.15, -0.1) is 0 Å². The molecule has 4 rings (SSSR count). The van der Waals surface area contributed by atoms with Crippen molar-refractivity contribution in [2.24, 2.45) is 0 Å². The molecule has 1 heterocycles. The molecule has 0 saturated heterocycles. The maximum atomic E-state index is 12.9. The number of hydrogen-bond acceptors (Lipinski definition) is 4. The lowest BCUT2D eigenvalue weighted by atomic mass is 10.1. The predicted molar refractivity (Wildman–Crippen MR) is 124 cm³/mol. The fraction of sp³-hybridized carbons (Fsp3) is 0.0800. The number of carbonyl (C=O) groups excluding carboxylic acids is 2. The highest BCUT2D eigenvalue weighted by atomic mass is 16.5. The highest BCUT2D eigenvalue weighted by molar-refractivity contribution is 6.08. The molecule has 32 heavy (non-hydrogen) atoms. The average Bonchev–Trinajstić information content (AvgIpc) is 3.20. The molecule has 0 aliphatic rings. The number of esters is 1. The summed E-state index contributed by atoms with van der Waals surface area (Å²) >= 11 is 0. The number of benzene rings is 3. The van der Waals surface area contributed by atoms with E-state index in [1.165, 1.54) is 11.8 Å². The van der Waals surface area contributed by atoms with Crippen molar-refractivity contribution in [3.8, 4) is 16.9 Å². The van der Waals surface area contributed by atoms with Crippen LogP contribution in [-0.4, -0.2) is 28.9 Å². The summed E-state index contributed by atoms with van der Waals surface area (Å²) in [6, 6.07) is 25.5. The Kier molecular flexibility index (Phi) is 5.98. The fourth-order valence-corrected chi connectivity index (χ4v) is 3.36. The van der Waals surface area contributed by atoms with Gasteiger partial charge in [0.1, 0.15) is 11.4 Å². The first-order valence-corrected chi connectivity index (χ1v) is 10.0. The van der Waals surface area contributed by atoms with E-state index in [4.69, 9.17) is 4.74 Å². The van der Waals surface area contributed by atoms with Gasteiger partial charge in [-0.05, 0) is 30.7 Å². The quantitative estimate of drug-likeness (QED) is 0.425. The first kappa shape index (κ1) is 20.9. The van der Waals surface area contributed by atoms with E-state index in [2.05, 4.69) is 15.7 Å². The highest BCUT2D eigenvalue weighted by Crippen LogP contribution is 2.33. The van der Waals surface area contributed by atoms with E-state index in [-0.39, 0.29) is 11.4 Å². The van der Waals surface area contributed by atoms with E-state index >= 15 is 0 Å². The molecule has 1 aromatic heterocycles. The van der Waals surface area contributed by atoms with E-state index in [0.29, 0.717) is 17.1 Å². The third-order valence-corrected chi connectivity index (χ3v) is 4.94. The van der Waals surface area contributed by atoms with Gasteiger partial charge < -0.3 is 15.4 Å². The lowest BCUT2D eigenvalue weighted by Gasteiger charge is -2.12. The molecule has 4 aromatic rings. The van der Waals surface area contributed by atoms with Crippen molar-refractivity contribution in [1.29, 1.82) is 0 Å². The molecule has 0 atom stereocenters. The van der Waals surface area contributed by atoms with Crippen LogP contribution in [0.3, 0.4) is 0 Å². The summed E-state index contributed by atoms with van der Waals surface area (Å²) in [5, 5.41) is 10.3. The molecule has 7 nitrogen and oxygen atoms in total. The zero-order valence-electron chi connectivity index (χ0n) is 17.7. The summed E-state index contributed by atoms with van der Waals surface area (Å²) in [6.45, 7) is 1.90. The van der Waals surface area contributed by atoms with Crippen LogP contribution in [0.25, 0.3) is 16.9 Å². The topological polar surface area (TPSA) is 85.2 Å². The SMILES string of the molecule is COC(=O)c1c(NC(=O)Nc2ccccc2C)c(-c2ccccc2)nn1-c1ccccc1. The van der Waals surface area contributed by atoms with Crippen LogP contribution in [0.15, 0.2) is 84.9 Å². The summed E-state index contributed by atoms with van der Waals surface area (Å²) in [5.41, 5.74) is 3.83. The van der Waals surface area contributed by atoms with Crippen molar-refractivity contribution in [3.63, 3.8) is 0 Å². The maximum absolute atomic E-state index is 12.9. The lowest BCUT2D eigenvalue weighted by molar-refractivity contribution is 0.0591. The molecule has 3 aromatic carbocycles. The number of para-hydroxylation sites is 2. The van der Waals surface area contributed by atoms with Gasteiger partial charge in [0.05, 0.1) is 12.8 Å². The van der Waals surface area contributed by atoms with Gasteiger partial charge in [-0.3, -0.25) is 0 Å². The largest absolute Gasteiger partial charge is 0.464 e. The van der Waals surface area contributed by atoms with Crippen molar-refractivity contribution in [3.05, 3.63) is 96.2 Å². The molecule has 0 fully saturated rings. The molecule has 0 saturated carbocycles. The van der Waals surface area contributed by atoms with Crippen molar-refractivity contribution >= 4 is 23.4 Å². The number of amides is 2. The number of rotatable bonds is 5. The van der Waals surface area contributed by atoms with E-state index < -0.39 is 12.0 Å². The number of aromatic nitrogens is 2. The first-order chi connectivity index (χ1) is 15.6. The minimum absolute atomic E-state index is 0.123. The summed E-state index contributed by atoms with van der Waals surface area (Å²) in [7, 11) is 1.30. The van der Waals surface area contributed by atoms with Crippen molar-refractivity contribution in [2.45, 2.75) is 6.92 Å². The third kappa shape index (κ3) is 4.22. The molecular weight excluding hydrogens is 404 g/mol. The molecular formula is C25H22N4O3. The Hall–Kier alpha value is -4.39. The van der Waals surface area contributed by atoms with Crippen LogP contribution >= 0.6 is 0 Å². The number of ether oxygens (including phenoxy) is 1. The van der Waals surface area contributed by atoms with E-state index in [0.717, 1.165) is 11.1 Å². The summed E-state index contributed by atoms with van der Waals surface area (Å²) in [6.07, 6.45) is 0. The molecule has 0 aliphatic heterocycles. The Morgan fingerprint density at radius 3 is 2.12 bits per heavy atom. The Bertz CT molecular complexity index is 1250. The van der Waals surface area contributed by atoms with Gasteiger partial charge in [0, 0.05) is 11.3 Å². The normalized spacial score (nSPS) is 10.4. The Morgan fingerprint density at radius 2 is 1.47 bits per heavy atom. The standard InChI is InChI=1S/C25H22N4O3/c1-17-11-9-10-16-20(17)26-25(31)27-22-21(18-12-5-3-6-13-18)28-29(23(22)24(30)32-2)19-14-7-4-8-15-19/h3-16H,1-2H3,(H2,26,27,31). The van der Waals surface area contributed by atoms with Crippen molar-refractivity contribution in [2.75, 3.05) is 17.7 Å². The molecule has 2 N–H and O–H groups in total. The van der Waals surface area contributed by atoms with E-state index in [1.54, 1.807) is 0 Å². The maximum Gasteiger partial charge on any atom is 0.359 e. The summed E-state index contributed by atoms with van der Waals surface area (Å²) in [5.74, 6) is -0.616. The van der Waals surface area contributed by atoms with Crippen LogP contribution in [0, 0.1) is 6.92 Å². The number of aryl methyl sites for hydroxylation is 1. The van der Waals surface area contributed by atoms with E-state index in [9.17, 15) is 9.59 Å². The number of nitrogens with zero attached hydrogens (tertiary/aromatic N) is 2. The van der Waals surface area contributed by atoms with Crippen molar-refractivity contribution in [1.82, 2.24) is 9.78 Å². The van der Waals surface area contributed by atoms with E-state index in [1.807, 2.05) is 91.9 Å². The Labute approximate surface area is 185 Å². The smallest absolute Gasteiger partial charge is 0.359 e. The predicted octanol–water partition coefficient (Wildman–Crippen LogP) is 5.28. The minimum Gasteiger partial charge on any atom is -0.464 e. The number of urea groups is 1. The molecule has 0 aliphatic carbocycles. The highest BCUT2D eigenvalue weighted by Gasteiger charge is 2.27. The monoisotopic (exact) mass is 426 g/mol. The first-order valence-electron chi connectivity index (χ1n) is 10.0. The van der Waals surface area contributed by atoms with Crippen LogP contribution in [0.2, 0.25) is 0 Å². The molecule has 0 bridgehead atoms. The van der Waals surface area contributed by atoms with Crippen LogP contribution in [-0.2, 0) is 4.74 Å². The number of nitrogens with one attached hydrogen (secondary N) is 2. The molecule has 7 heteroatoms. The second-order valence-electron chi connectivity index (χ2n) is 7.07. The molecule has 160 valence electrons. The molecule has 0 unspecified atom stereocenters. The molecule has 0 spiro atoms. The van der Waals surface area contributed by atoms with Gasteiger partial charge in [-0.2, -0.15) is 5.10 Å². The van der Waals surface area contributed by atoms with Gasteiger partial charge in [-0.25, -0.2) is 14.3 Å². The summed E-state index contributed by atoms with van der Waals surface area (Å²) in [4.78, 5) is 25.7. The number of hydrogen-bond donors (Lipinski definition) is 2. The molecule has 0 radical (unpaired) electrons. The third-order valence-electron chi connectivity index (χ3n) is 4.94. The molecule has 2 amide bonds. The second-order valence-corrected chi connectivity index (χ2v) is 7.07. The van der Waals surface area contributed by atoms with Crippen LogP contribution in [0.1, 0.15) is 16.1 Å². The number of methoxy groups -OCH3 is 1. The van der Waals surface area contributed by atoms with Gasteiger partial charge in [0.25, 0.3) is 0 Å². The lowest BCUT2D eigenvalue weighted by Crippen LogP contribution is -2.22. The Morgan fingerprint density at radius 1 is 0.844 bits per heavy atom. The Balaban J connectivity index is 1.83. The number of carbonyl (C=O) groups is 2. The van der Waals surface area contributed by atoms with Gasteiger partial charge in [0.2, 0.25) is 0 Å². The van der Waals surface area contributed by atoms with Gasteiger partial charge >= 0.3 is 12.0 Å². The second kappa shape index (κ2) is 9.18. The average molecular weight is 426 g/mol. The zero-order chi connectivity index (χ0) is 22.5.